The van der Waals surface area contributed by atoms with Crippen LogP contribution in [0.25, 0.3) is 0 Å². The summed E-state index contributed by atoms with van der Waals surface area (Å²) in [6.07, 6.45) is 2.12. The molecule has 0 bridgehead atoms. The molecule has 1 heterocycles. The van der Waals surface area contributed by atoms with Crippen molar-refractivity contribution in [2.45, 2.75) is 19.8 Å². The van der Waals surface area contributed by atoms with Crippen molar-refractivity contribution in [2.24, 2.45) is 0 Å². The molecule has 1 rings (SSSR count). The lowest BCUT2D eigenvalue weighted by molar-refractivity contribution is 0.824. The molecule has 0 unspecified atom stereocenters. The van der Waals surface area contributed by atoms with E-state index in [9.17, 15) is 0 Å². The number of rotatable bonds is 6. The number of nitriles is 1. The van der Waals surface area contributed by atoms with Crippen LogP contribution in [0.5, 0.6) is 0 Å². The van der Waals surface area contributed by atoms with Crippen molar-refractivity contribution < 1.29 is 0 Å². The van der Waals surface area contributed by atoms with Gasteiger partial charge in [-0.1, -0.05) is 13.3 Å². The summed E-state index contributed by atoms with van der Waals surface area (Å²) < 4.78 is 0. The Balaban J connectivity index is 2.62. The van der Waals surface area contributed by atoms with Crippen LogP contribution in [0.3, 0.4) is 0 Å². The summed E-state index contributed by atoms with van der Waals surface area (Å²) >= 11 is 5.72. The molecule has 0 radical (unpaired) electrons. The van der Waals surface area contributed by atoms with E-state index in [2.05, 4.69) is 32.5 Å². The van der Waals surface area contributed by atoms with Crippen molar-refractivity contribution in [3.05, 3.63) is 5.28 Å². The molecule has 0 aliphatic rings. The zero-order chi connectivity index (χ0) is 11.8. The van der Waals surface area contributed by atoms with Gasteiger partial charge < -0.3 is 10.6 Å². The van der Waals surface area contributed by atoms with Gasteiger partial charge in [-0.15, -0.1) is 0 Å². The lowest BCUT2D eigenvalue weighted by Gasteiger charge is -2.05. The summed E-state index contributed by atoms with van der Waals surface area (Å²) in [5.41, 5.74) is 0. The van der Waals surface area contributed by atoms with Crippen molar-refractivity contribution >= 4 is 23.5 Å². The van der Waals surface area contributed by atoms with Gasteiger partial charge in [-0.3, -0.25) is 0 Å². The lowest BCUT2D eigenvalue weighted by Crippen LogP contribution is -2.10. The Morgan fingerprint density at radius 2 is 1.94 bits per heavy atom. The number of nitrogens with zero attached hydrogens (tertiary/aromatic N) is 4. The molecular weight excluding hydrogens is 228 g/mol. The third-order valence-electron chi connectivity index (χ3n) is 1.75. The molecule has 2 N–H and O–H groups in total. The van der Waals surface area contributed by atoms with Gasteiger partial charge in [0.2, 0.25) is 17.2 Å². The number of anilines is 2. The molecule has 0 saturated carbocycles. The number of nitrogens with one attached hydrogen (secondary N) is 2. The number of aromatic nitrogens is 3. The maximum atomic E-state index is 8.41. The molecule has 0 fully saturated rings. The highest BCUT2D eigenvalue weighted by Gasteiger charge is 2.03. The molecule has 1 aromatic heterocycles. The predicted molar refractivity (Wildman–Crippen MR) is 62.3 cm³/mol. The average Bonchev–Trinajstić information content (AvgIpc) is 2.26. The summed E-state index contributed by atoms with van der Waals surface area (Å²) in [5, 5.41) is 14.3. The number of hydrogen-bond donors (Lipinski definition) is 2. The summed E-state index contributed by atoms with van der Waals surface area (Å²) in [5.74, 6) is 0.731. The number of halogens is 1. The second-order valence-electron chi connectivity index (χ2n) is 3.04. The van der Waals surface area contributed by atoms with Crippen molar-refractivity contribution in [3.63, 3.8) is 0 Å². The highest BCUT2D eigenvalue weighted by Crippen LogP contribution is 2.09. The molecule has 16 heavy (non-hydrogen) atoms. The average molecular weight is 241 g/mol. The molecule has 0 amide bonds. The fraction of sp³-hybridized carbons (Fsp3) is 0.556. The van der Waals surface area contributed by atoms with Gasteiger partial charge in [0.15, 0.2) is 0 Å². The van der Waals surface area contributed by atoms with Crippen LogP contribution in [0.1, 0.15) is 19.8 Å². The van der Waals surface area contributed by atoms with Gasteiger partial charge in [-0.05, 0) is 18.0 Å². The van der Waals surface area contributed by atoms with E-state index in [4.69, 9.17) is 16.9 Å². The first-order chi connectivity index (χ1) is 7.76. The summed E-state index contributed by atoms with van der Waals surface area (Å²) in [6, 6.07) is 1.93. The molecule has 0 aliphatic carbocycles. The van der Waals surface area contributed by atoms with E-state index < -0.39 is 0 Å². The van der Waals surface area contributed by atoms with E-state index >= 15 is 0 Å². The monoisotopic (exact) mass is 240 g/mol. The summed E-state index contributed by atoms with van der Waals surface area (Å²) in [6.45, 7) is 3.02. The van der Waals surface area contributed by atoms with E-state index in [0.29, 0.717) is 11.9 Å². The van der Waals surface area contributed by atoms with E-state index in [1.807, 2.05) is 6.07 Å². The van der Waals surface area contributed by atoms with Crippen LogP contribution < -0.4 is 10.6 Å². The Bertz CT molecular complexity index is 375. The molecular formula is C9H13ClN6. The van der Waals surface area contributed by atoms with Crippen LogP contribution in [0.4, 0.5) is 11.9 Å². The van der Waals surface area contributed by atoms with Gasteiger partial charge in [0.05, 0.1) is 6.07 Å². The maximum Gasteiger partial charge on any atom is 0.229 e. The van der Waals surface area contributed by atoms with E-state index in [1.165, 1.54) is 0 Å². The normalized spacial score (nSPS) is 9.56. The van der Waals surface area contributed by atoms with Gasteiger partial charge in [-0.2, -0.15) is 20.2 Å². The zero-order valence-corrected chi connectivity index (χ0v) is 9.75. The third kappa shape index (κ3) is 4.28. The van der Waals surface area contributed by atoms with Crippen LogP contribution in [-0.2, 0) is 0 Å². The first-order valence-corrected chi connectivity index (χ1v) is 5.40. The summed E-state index contributed by atoms with van der Waals surface area (Å²) in [7, 11) is 0. The third-order valence-corrected chi connectivity index (χ3v) is 1.92. The molecule has 0 spiro atoms. The lowest BCUT2D eigenvalue weighted by atomic mass is 10.3. The zero-order valence-electron chi connectivity index (χ0n) is 9.00. The Labute approximate surface area is 99.1 Å². The van der Waals surface area contributed by atoms with Crippen LogP contribution in [0.15, 0.2) is 0 Å². The second kappa shape index (κ2) is 6.80. The van der Waals surface area contributed by atoms with Gasteiger partial charge in [0, 0.05) is 6.54 Å². The molecule has 0 aliphatic heterocycles. The minimum atomic E-state index is 0.106. The molecule has 86 valence electrons. The Kier molecular flexibility index (Phi) is 5.29. The van der Waals surface area contributed by atoms with Crippen LogP contribution in [0, 0.1) is 11.3 Å². The van der Waals surface area contributed by atoms with Crippen LogP contribution in [-0.4, -0.2) is 28.0 Å². The Morgan fingerprint density at radius 3 is 2.56 bits per heavy atom. The fourth-order valence-electron chi connectivity index (χ4n) is 1.00. The topological polar surface area (TPSA) is 86.5 Å². The molecule has 1 aromatic rings. The van der Waals surface area contributed by atoms with Crippen LogP contribution >= 0.6 is 11.6 Å². The first kappa shape index (κ1) is 12.5. The van der Waals surface area contributed by atoms with Crippen LogP contribution in [0.2, 0.25) is 5.28 Å². The largest absolute Gasteiger partial charge is 0.354 e. The standard InChI is InChI=1S/C9H13ClN6/c1-2-3-5-12-8-14-7(10)15-9(16-8)13-6-4-11/h2-3,5-6H2,1H3,(H2,12,13,14,15,16). The van der Waals surface area contributed by atoms with Gasteiger partial charge in [0.1, 0.15) is 6.54 Å². The smallest absolute Gasteiger partial charge is 0.229 e. The molecule has 7 heteroatoms. The number of hydrogen-bond acceptors (Lipinski definition) is 6. The van der Waals surface area contributed by atoms with E-state index in [1.54, 1.807) is 0 Å². The van der Waals surface area contributed by atoms with Crippen molar-refractivity contribution in [1.82, 2.24) is 15.0 Å². The summed E-state index contributed by atoms with van der Waals surface area (Å²) in [4.78, 5) is 11.8. The fourth-order valence-corrected chi connectivity index (χ4v) is 1.16. The highest BCUT2D eigenvalue weighted by atomic mass is 35.5. The number of unbranched alkanes of at least 4 members (excludes halogenated alkanes) is 1. The minimum Gasteiger partial charge on any atom is -0.354 e. The van der Waals surface area contributed by atoms with Gasteiger partial charge in [0.25, 0.3) is 0 Å². The Hall–Kier alpha value is -1.61. The second-order valence-corrected chi connectivity index (χ2v) is 3.38. The molecule has 6 nitrogen and oxygen atoms in total. The molecule has 0 saturated heterocycles. The minimum absolute atomic E-state index is 0.106. The highest BCUT2D eigenvalue weighted by molar-refractivity contribution is 6.28. The van der Waals surface area contributed by atoms with Gasteiger partial charge in [-0.25, -0.2) is 0 Å². The predicted octanol–water partition coefficient (Wildman–Crippen LogP) is 1.67. The van der Waals surface area contributed by atoms with Gasteiger partial charge >= 0.3 is 0 Å². The molecule has 0 atom stereocenters. The van der Waals surface area contributed by atoms with Crippen molar-refractivity contribution in [2.75, 3.05) is 23.7 Å². The first-order valence-electron chi connectivity index (χ1n) is 5.02. The van der Waals surface area contributed by atoms with Crippen molar-refractivity contribution in [1.29, 1.82) is 5.26 Å². The Morgan fingerprint density at radius 1 is 1.25 bits per heavy atom. The van der Waals surface area contributed by atoms with E-state index in [-0.39, 0.29) is 11.8 Å². The van der Waals surface area contributed by atoms with Crippen molar-refractivity contribution in [3.8, 4) is 6.07 Å². The maximum absolute atomic E-state index is 8.41. The quantitative estimate of drug-likeness (QED) is 0.581. The van der Waals surface area contributed by atoms with E-state index in [0.717, 1.165) is 19.4 Å². The SMILES string of the molecule is CCCCNc1nc(Cl)nc(NCC#N)n1. The molecule has 0 aromatic carbocycles.